The molecule has 22 heavy (non-hydrogen) atoms. The summed E-state index contributed by atoms with van der Waals surface area (Å²) in [6.45, 7) is 0. The van der Waals surface area contributed by atoms with E-state index in [-0.39, 0.29) is 0 Å². The molecule has 0 saturated heterocycles. The van der Waals surface area contributed by atoms with Crippen molar-refractivity contribution >= 4 is 22.6 Å². The first-order valence-corrected chi connectivity index (χ1v) is 7.81. The maximum atomic E-state index is 11.4. The molecule has 2 heterocycles. The molecule has 4 heteroatoms. The van der Waals surface area contributed by atoms with Crippen LogP contribution in [0.25, 0.3) is 27.3 Å². The van der Waals surface area contributed by atoms with E-state index in [0.29, 0.717) is 5.69 Å². The van der Waals surface area contributed by atoms with Gasteiger partial charge in [0.05, 0.1) is 0 Å². The summed E-state index contributed by atoms with van der Waals surface area (Å²) in [5, 5.41) is 1.93. The summed E-state index contributed by atoms with van der Waals surface area (Å²) in [5.41, 5.74) is 4.62. The van der Waals surface area contributed by atoms with Crippen molar-refractivity contribution in [2.24, 2.45) is 0 Å². The molecule has 0 N–H and O–H groups in total. The zero-order valence-electron chi connectivity index (χ0n) is 11.6. The van der Waals surface area contributed by atoms with Gasteiger partial charge in [0, 0.05) is 17.1 Å². The Morgan fingerprint density at radius 1 is 0.909 bits per heavy atom. The highest BCUT2D eigenvalue weighted by molar-refractivity contribution is 7.15. The molecule has 3 nitrogen and oxygen atoms in total. The number of aromatic nitrogens is 2. The van der Waals surface area contributed by atoms with Gasteiger partial charge in [-0.3, -0.25) is 9.20 Å². The lowest BCUT2D eigenvalue weighted by Gasteiger charge is -2.03. The van der Waals surface area contributed by atoms with Crippen LogP contribution in [0.1, 0.15) is 10.5 Å². The second-order valence-corrected chi connectivity index (χ2v) is 5.84. The fourth-order valence-electron chi connectivity index (χ4n) is 2.58. The number of imidazole rings is 1. The van der Waals surface area contributed by atoms with Gasteiger partial charge < -0.3 is 0 Å². The van der Waals surface area contributed by atoms with Crippen molar-refractivity contribution in [2.75, 3.05) is 0 Å². The summed E-state index contributed by atoms with van der Waals surface area (Å²) in [4.78, 5) is 16.8. The molecule has 0 unspecified atom stereocenters. The Morgan fingerprint density at radius 2 is 1.59 bits per heavy atom. The Hall–Kier alpha value is -2.72. The van der Waals surface area contributed by atoms with E-state index in [0.717, 1.165) is 28.1 Å². The molecule has 2 aromatic heterocycles. The predicted molar refractivity (Wildman–Crippen MR) is 89.3 cm³/mol. The van der Waals surface area contributed by atoms with Gasteiger partial charge in [-0.2, -0.15) is 0 Å². The first-order valence-electron chi connectivity index (χ1n) is 6.93. The number of rotatable bonds is 3. The predicted octanol–water partition coefficient (Wildman–Crippen LogP) is 4.54. The van der Waals surface area contributed by atoms with Crippen LogP contribution >= 0.6 is 11.3 Å². The lowest BCUT2D eigenvalue weighted by Crippen LogP contribution is -1.90. The molecule has 0 radical (unpaired) electrons. The van der Waals surface area contributed by atoms with Crippen LogP contribution in [0.3, 0.4) is 0 Å². The summed E-state index contributed by atoms with van der Waals surface area (Å²) < 4.78 is 1.83. The van der Waals surface area contributed by atoms with E-state index in [9.17, 15) is 4.79 Å². The third-order valence-electron chi connectivity index (χ3n) is 3.68. The van der Waals surface area contributed by atoms with Crippen LogP contribution < -0.4 is 0 Å². The van der Waals surface area contributed by atoms with E-state index < -0.39 is 0 Å². The van der Waals surface area contributed by atoms with Crippen LogP contribution in [0.15, 0.2) is 66.2 Å². The van der Waals surface area contributed by atoms with Gasteiger partial charge in [0.1, 0.15) is 11.4 Å². The second kappa shape index (κ2) is 5.24. The number of carbonyl (C=O) groups excluding carboxylic acids is 1. The fourth-order valence-corrected chi connectivity index (χ4v) is 3.30. The van der Waals surface area contributed by atoms with Crippen molar-refractivity contribution < 1.29 is 4.79 Å². The number of hydrogen-bond acceptors (Lipinski definition) is 3. The lowest BCUT2D eigenvalue weighted by molar-refractivity contribution is 0.111. The standard InChI is InChI=1S/C18H12N2OS/c21-12-16-17(19-18-20(16)10-11-22-18)15-8-6-14(7-9-15)13-4-2-1-3-5-13/h1-12H. The molecule has 4 rings (SSSR count). The average Bonchev–Trinajstić information content (AvgIpc) is 3.16. The quantitative estimate of drug-likeness (QED) is 0.521. The number of fused-ring (bicyclic) bond motifs is 1. The molecule has 0 saturated carbocycles. The third-order valence-corrected chi connectivity index (χ3v) is 4.43. The Balaban J connectivity index is 1.79. The molecule has 0 aliphatic carbocycles. The number of carbonyl (C=O) groups is 1. The second-order valence-electron chi connectivity index (χ2n) is 4.96. The van der Waals surface area contributed by atoms with Gasteiger partial charge in [-0.25, -0.2) is 4.98 Å². The van der Waals surface area contributed by atoms with E-state index in [4.69, 9.17) is 0 Å². The van der Waals surface area contributed by atoms with Gasteiger partial charge in [-0.15, -0.1) is 11.3 Å². The van der Waals surface area contributed by atoms with Crippen LogP contribution in [0.2, 0.25) is 0 Å². The average molecular weight is 304 g/mol. The van der Waals surface area contributed by atoms with Crippen LogP contribution in [0.5, 0.6) is 0 Å². The van der Waals surface area contributed by atoms with Crippen LogP contribution in [-0.2, 0) is 0 Å². The van der Waals surface area contributed by atoms with E-state index >= 15 is 0 Å². The molecule has 106 valence electrons. The number of thiazole rings is 1. The third kappa shape index (κ3) is 2.05. The zero-order valence-corrected chi connectivity index (χ0v) is 12.5. The largest absolute Gasteiger partial charge is 0.296 e. The summed E-state index contributed by atoms with van der Waals surface area (Å²) in [5.74, 6) is 0. The minimum Gasteiger partial charge on any atom is -0.296 e. The van der Waals surface area contributed by atoms with Gasteiger partial charge in [-0.05, 0) is 11.1 Å². The Kier molecular flexibility index (Phi) is 3.09. The molecule has 0 aliphatic heterocycles. The summed E-state index contributed by atoms with van der Waals surface area (Å²) in [6.07, 6.45) is 2.74. The van der Waals surface area contributed by atoms with E-state index in [1.807, 2.05) is 46.3 Å². The summed E-state index contributed by atoms with van der Waals surface area (Å²) in [6, 6.07) is 18.4. The fraction of sp³-hybridized carbons (Fsp3) is 0. The van der Waals surface area contributed by atoms with Gasteiger partial charge >= 0.3 is 0 Å². The molecule has 0 aliphatic rings. The monoisotopic (exact) mass is 304 g/mol. The first kappa shape index (κ1) is 13.0. The molecule has 0 fully saturated rings. The van der Waals surface area contributed by atoms with Gasteiger partial charge in [0.15, 0.2) is 11.2 Å². The summed E-state index contributed by atoms with van der Waals surface area (Å²) in [7, 11) is 0. The number of nitrogens with zero attached hydrogens (tertiary/aromatic N) is 2. The Bertz CT molecular complexity index is 936. The number of benzene rings is 2. The minimum absolute atomic E-state index is 0.601. The SMILES string of the molecule is O=Cc1c(-c2ccc(-c3ccccc3)cc2)nc2sccn12. The topological polar surface area (TPSA) is 34.4 Å². The number of aldehydes is 1. The van der Waals surface area contributed by atoms with E-state index in [2.05, 4.69) is 29.2 Å². The summed E-state index contributed by atoms with van der Waals surface area (Å²) >= 11 is 1.53. The van der Waals surface area contributed by atoms with Crippen LogP contribution in [-0.4, -0.2) is 15.7 Å². The first-order chi connectivity index (χ1) is 10.9. The Labute approximate surface area is 131 Å². The molecule has 0 atom stereocenters. The van der Waals surface area contributed by atoms with Crippen molar-refractivity contribution in [1.29, 1.82) is 0 Å². The van der Waals surface area contributed by atoms with E-state index in [1.165, 1.54) is 16.9 Å². The smallest absolute Gasteiger partial charge is 0.194 e. The molecule has 4 aromatic rings. The van der Waals surface area contributed by atoms with Crippen LogP contribution in [0, 0.1) is 0 Å². The van der Waals surface area contributed by atoms with Crippen LogP contribution in [0.4, 0.5) is 0 Å². The highest BCUT2D eigenvalue weighted by atomic mass is 32.1. The van der Waals surface area contributed by atoms with Gasteiger partial charge in [0.25, 0.3) is 0 Å². The van der Waals surface area contributed by atoms with Gasteiger partial charge in [-0.1, -0.05) is 54.6 Å². The van der Waals surface area contributed by atoms with Crippen molar-refractivity contribution in [1.82, 2.24) is 9.38 Å². The zero-order chi connectivity index (χ0) is 14.9. The normalized spacial score (nSPS) is 10.9. The lowest BCUT2D eigenvalue weighted by atomic mass is 10.0. The number of hydrogen-bond donors (Lipinski definition) is 0. The molecular formula is C18H12N2OS. The van der Waals surface area contributed by atoms with Crippen molar-refractivity contribution in [2.45, 2.75) is 0 Å². The highest BCUT2D eigenvalue weighted by Gasteiger charge is 2.14. The van der Waals surface area contributed by atoms with Gasteiger partial charge in [0.2, 0.25) is 0 Å². The molecule has 0 spiro atoms. The van der Waals surface area contributed by atoms with Crippen molar-refractivity contribution in [3.05, 3.63) is 71.9 Å². The molecule has 0 amide bonds. The van der Waals surface area contributed by atoms with Crippen molar-refractivity contribution in [3.63, 3.8) is 0 Å². The Morgan fingerprint density at radius 3 is 2.32 bits per heavy atom. The molecule has 2 aromatic carbocycles. The molecule has 0 bridgehead atoms. The minimum atomic E-state index is 0.601. The maximum absolute atomic E-state index is 11.4. The maximum Gasteiger partial charge on any atom is 0.194 e. The van der Waals surface area contributed by atoms with E-state index in [1.54, 1.807) is 0 Å². The molecular weight excluding hydrogens is 292 g/mol. The highest BCUT2D eigenvalue weighted by Crippen LogP contribution is 2.28. The van der Waals surface area contributed by atoms with Crippen molar-refractivity contribution in [3.8, 4) is 22.4 Å².